The lowest BCUT2D eigenvalue weighted by molar-refractivity contribution is 0.412. The lowest BCUT2D eigenvalue weighted by Crippen LogP contribution is -2.05. The molecule has 2 N–H and O–H groups in total. The Morgan fingerprint density at radius 3 is 2.00 bits per heavy atom. The molecule has 0 amide bonds. The molecule has 0 aromatic rings. The molecule has 0 saturated carbocycles. The van der Waals surface area contributed by atoms with E-state index >= 15 is 0 Å². The van der Waals surface area contributed by atoms with Crippen LogP contribution in [0.2, 0.25) is 0 Å². The monoisotopic (exact) mass is 117 g/mol. The maximum Gasteiger partial charge on any atom is 0.0931 e. The molecule has 1 saturated heterocycles. The molecule has 2 nitrogen and oxygen atoms in total. The van der Waals surface area contributed by atoms with Crippen LogP contribution in [-0.2, 0) is 4.74 Å². The summed E-state index contributed by atoms with van der Waals surface area (Å²) >= 11 is 0. The summed E-state index contributed by atoms with van der Waals surface area (Å²) in [4.78, 5) is 0. The lowest BCUT2D eigenvalue weighted by Gasteiger charge is -1.71. The summed E-state index contributed by atoms with van der Waals surface area (Å²) in [5.41, 5.74) is 5.11. The smallest absolute Gasteiger partial charge is 0.0931 e. The summed E-state index contributed by atoms with van der Waals surface area (Å²) in [6, 6.07) is 0. The summed E-state index contributed by atoms with van der Waals surface area (Å²) in [6.07, 6.45) is 1.66. The molecule has 0 aromatic heterocycles. The molecule has 1 aliphatic heterocycles. The van der Waals surface area contributed by atoms with Gasteiger partial charge in [0.25, 0.3) is 0 Å². The van der Waals surface area contributed by atoms with Gasteiger partial charge >= 0.3 is 0 Å². The average Bonchev–Trinajstić information content (AvgIpc) is 2.48. The highest BCUT2D eigenvalue weighted by Gasteiger charge is 2.18. The van der Waals surface area contributed by atoms with Crippen molar-refractivity contribution >= 4 is 0 Å². The summed E-state index contributed by atoms with van der Waals surface area (Å²) in [5, 5.41) is 0. The summed E-state index contributed by atoms with van der Waals surface area (Å²) in [5.74, 6) is 0. The molecule has 1 atom stereocenters. The molecule has 0 aliphatic carbocycles. The molecule has 1 heterocycles. The number of rotatable bonds is 1. The van der Waals surface area contributed by atoms with E-state index in [0.717, 1.165) is 6.61 Å². The normalized spacial score (nSPS) is 23.6. The van der Waals surface area contributed by atoms with Gasteiger partial charge in [-0.25, -0.2) is 0 Å². The second-order valence-electron chi connectivity index (χ2n) is 1.90. The van der Waals surface area contributed by atoms with Crippen LogP contribution in [0, 0.1) is 0 Å². The Morgan fingerprint density at radius 1 is 1.62 bits per heavy atom. The lowest BCUT2D eigenvalue weighted by atomic mass is 10.5. The molecule has 0 bridgehead atoms. The predicted octanol–water partition coefficient (Wildman–Crippen LogP) is 0.760. The fraction of sp³-hybridized carbons (Fsp3) is 1.00. The number of hydrogen-bond acceptors (Lipinski definition) is 2. The van der Waals surface area contributed by atoms with E-state index in [1.165, 1.54) is 6.42 Å². The van der Waals surface area contributed by atoms with Gasteiger partial charge < -0.3 is 10.5 Å². The van der Waals surface area contributed by atoms with Crippen LogP contribution >= 0.6 is 0 Å². The molecular weight excluding hydrogens is 102 g/mol. The van der Waals surface area contributed by atoms with Crippen molar-refractivity contribution in [3.8, 4) is 0 Å². The maximum absolute atomic E-state index is 5.11. The second kappa shape index (κ2) is 5.06. The van der Waals surface area contributed by atoms with Gasteiger partial charge in [-0.3, -0.25) is 0 Å². The zero-order chi connectivity index (χ0) is 6.41. The number of ether oxygens (including phenoxy) is 1. The number of nitrogens with two attached hydrogens (primary N) is 1. The minimum absolute atomic E-state index is 0.412. The highest BCUT2D eigenvalue weighted by atomic mass is 16.6. The Kier molecular flexibility index (Phi) is 5.01. The van der Waals surface area contributed by atoms with E-state index in [9.17, 15) is 0 Å². The Morgan fingerprint density at radius 2 is 2.00 bits per heavy atom. The van der Waals surface area contributed by atoms with Gasteiger partial charge in [0, 0.05) is 6.54 Å². The van der Waals surface area contributed by atoms with Gasteiger partial charge in [-0.2, -0.15) is 0 Å². The zero-order valence-electron chi connectivity index (χ0n) is 5.68. The molecule has 1 aliphatic rings. The summed E-state index contributed by atoms with van der Waals surface area (Å²) in [6.45, 7) is 5.83. The van der Waals surface area contributed by atoms with E-state index in [1.807, 2.05) is 0 Å². The van der Waals surface area contributed by atoms with Crippen LogP contribution in [0.3, 0.4) is 0 Å². The van der Waals surface area contributed by atoms with Crippen LogP contribution in [0.1, 0.15) is 20.3 Å². The Labute approximate surface area is 51.0 Å². The average molecular weight is 117 g/mol. The van der Waals surface area contributed by atoms with E-state index in [0.29, 0.717) is 12.6 Å². The van der Waals surface area contributed by atoms with E-state index in [-0.39, 0.29) is 0 Å². The van der Waals surface area contributed by atoms with E-state index in [2.05, 4.69) is 13.8 Å². The molecule has 1 rings (SSSR count). The predicted molar refractivity (Wildman–Crippen MR) is 34.8 cm³/mol. The third-order valence-electron chi connectivity index (χ3n) is 0.665. The van der Waals surface area contributed by atoms with E-state index in [4.69, 9.17) is 10.5 Å². The molecule has 1 unspecified atom stereocenters. The van der Waals surface area contributed by atoms with Crippen molar-refractivity contribution in [3.63, 3.8) is 0 Å². The van der Waals surface area contributed by atoms with Crippen LogP contribution in [-0.4, -0.2) is 19.3 Å². The van der Waals surface area contributed by atoms with Crippen molar-refractivity contribution < 1.29 is 4.74 Å². The van der Waals surface area contributed by atoms with Crippen LogP contribution in [0.5, 0.6) is 0 Å². The topological polar surface area (TPSA) is 38.5 Å². The van der Waals surface area contributed by atoms with Crippen molar-refractivity contribution in [2.75, 3.05) is 13.2 Å². The molecule has 0 aromatic carbocycles. The van der Waals surface area contributed by atoms with Gasteiger partial charge in [0.05, 0.1) is 12.7 Å². The number of epoxide rings is 1. The highest BCUT2D eigenvalue weighted by molar-refractivity contribution is 4.67. The van der Waals surface area contributed by atoms with Crippen molar-refractivity contribution in [1.29, 1.82) is 0 Å². The molecule has 2 heteroatoms. The van der Waals surface area contributed by atoms with Crippen molar-refractivity contribution in [3.05, 3.63) is 0 Å². The number of hydrogen-bond donors (Lipinski definition) is 1. The maximum atomic E-state index is 5.11. The first-order chi connectivity index (χ1) is 3.85. The van der Waals surface area contributed by atoms with Crippen molar-refractivity contribution in [2.45, 2.75) is 26.4 Å². The Hall–Kier alpha value is -0.0800. The van der Waals surface area contributed by atoms with Crippen LogP contribution in [0.15, 0.2) is 0 Å². The minimum atomic E-state index is 0.412. The minimum Gasteiger partial charge on any atom is -0.372 e. The van der Waals surface area contributed by atoms with Crippen LogP contribution in [0.4, 0.5) is 0 Å². The van der Waals surface area contributed by atoms with E-state index < -0.39 is 0 Å². The zero-order valence-corrected chi connectivity index (χ0v) is 5.68. The van der Waals surface area contributed by atoms with Crippen LogP contribution in [0.25, 0.3) is 0 Å². The van der Waals surface area contributed by atoms with Gasteiger partial charge in [0.15, 0.2) is 0 Å². The van der Waals surface area contributed by atoms with Gasteiger partial charge in [-0.15, -0.1) is 0 Å². The van der Waals surface area contributed by atoms with Crippen molar-refractivity contribution in [1.82, 2.24) is 0 Å². The van der Waals surface area contributed by atoms with Gasteiger partial charge in [0.2, 0.25) is 0 Å². The second-order valence-corrected chi connectivity index (χ2v) is 1.90. The highest BCUT2D eigenvalue weighted by Crippen LogP contribution is 2.03. The molecule has 50 valence electrons. The molecule has 8 heavy (non-hydrogen) atoms. The Bertz CT molecular complexity index is 43.8. The standard InChI is InChI=1S/C3H7NO.C3H8/c4-1-3-2-5-3;1-3-2/h3H,1-2,4H2;3H2,1-2H3. The Balaban J connectivity index is 0.000000145. The SMILES string of the molecule is CCC.NCC1CO1. The quantitative estimate of drug-likeness (QED) is 0.515. The van der Waals surface area contributed by atoms with Crippen LogP contribution < -0.4 is 5.73 Å². The van der Waals surface area contributed by atoms with E-state index in [1.54, 1.807) is 0 Å². The summed E-state index contributed by atoms with van der Waals surface area (Å²) in [7, 11) is 0. The first-order valence-electron chi connectivity index (χ1n) is 3.16. The molecule has 1 fully saturated rings. The summed E-state index contributed by atoms with van der Waals surface area (Å²) < 4.78 is 4.73. The third kappa shape index (κ3) is 5.92. The van der Waals surface area contributed by atoms with Crippen molar-refractivity contribution in [2.24, 2.45) is 5.73 Å². The largest absolute Gasteiger partial charge is 0.372 e. The first kappa shape index (κ1) is 7.92. The molecule has 0 radical (unpaired) electrons. The van der Waals surface area contributed by atoms with Gasteiger partial charge in [-0.1, -0.05) is 20.3 Å². The first-order valence-corrected chi connectivity index (χ1v) is 3.16. The molecular formula is C6H15NO. The van der Waals surface area contributed by atoms with Gasteiger partial charge in [0.1, 0.15) is 0 Å². The third-order valence-corrected chi connectivity index (χ3v) is 0.665. The molecule has 0 spiro atoms. The fourth-order valence-electron chi connectivity index (χ4n) is 0.204. The fourth-order valence-corrected chi connectivity index (χ4v) is 0.204. The van der Waals surface area contributed by atoms with Gasteiger partial charge in [-0.05, 0) is 0 Å².